The fourth-order valence-corrected chi connectivity index (χ4v) is 2.53. The van der Waals surface area contributed by atoms with Crippen molar-refractivity contribution in [1.82, 2.24) is 5.32 Å². The van der Waals surface area contributed by atoms with Gasteiger partial charge in [0.2, 0.25) is 0 Å². The Labute approximate surface area is 118 Å². The van der Waals surface area contributed by atoms with Crippen molar-refractivity contribution in [3.8, 4) is 0 Å². The summed E-state index contributed by atoms with van der Waals surface area (Å²) < 4.78 is 5.88. The normalized spacial score (nSPS) is 14.3. The van der Waals surface area contributed by atoms with Gasteiger partial charge in [0.15, 0.2) is 0 Å². The summed E-state index contributed by atoms with van der Waals surface area (Å²) in [5, 5.41) is 3.56. The Morgan fingerprint density at radius 1 is 1.05 bits per heavy atom. The maximum atomic E-state index is 5.88. The van der Waals surface area contributed by atoms with E-state index in [0.29, 0.717) is 6.04 Å². The highest BCUT2D eigenvalue weighted by atomic mass is 16.5. The molecular formula is C17H29NO. The number of ether oxygens (including phenoxy) is 1. The van der Waals surface area contributed by atoms with Gasteiger partial charge in [0.25, 0.3) is 0 Å². The van der Waals surface area contributed by atoms with Crippen LogP contribution in [0.2, 0.25) is 0 Å². The lowest BCUT2D eigenvalue weighted by atomic mass is 9.97. The van der Waals surface area contributed by atoms with E-state index in [1.807, 2.05) is 0 Å². The van der Waals surface area contributed by atoms with Crippen LogP contribution in [-0.2, 0) is 11.2 Å². The molecule has 19 heavy (non-hydrogen) atoms. The molecule has 2 heteroatoms. The molecule has 1 aromatic rings. The van der Waals surface area contributed by atoms with Crippen LogP contribution in [0.1, 0.15) is 57.7 Å². The van der Waals surface area contributed by atoms with Crippen molar-refractivity contribution in [3.05, 3.63) is 35.4 Å². The second-order valence-electron chi connectivity index (χ2n) is 4.93. The molecule has 2 nitrogen and oxygen atoms in total. The number of rotatable bonds is 9. The first-order valence-corrected chi connectivity index (χ1v) is 7.70. The quantitative estimate of drug-likeness (QED) is 0.724. The number of hydrogen-bond acceptors (Lipinski definition) is 2. The lowest BCUT2D eigenvalue weighted by Crippen LogP contribution is -2.33. The molecule has 0 fully saturated rings. The van der Waals surface area contributed by atoms with Crippen molar-refractivity contribution >= 4 is 0 Å². The van der Waals surface area contributed by atoms with Crippen LogP contribution in [0.4, 0.5) is 0 Å². The van der Waals surface area contributed by atoms with Gasteiger partial charge < -0.3 is 10.1 Å². The molecular weight excluding hydrogens is 234 g/mol. The number of nitrogens with one attached hydrogen (secondary N) is 1. The van der Waals surface area contributed by atoms with Crippen molar-refractivity contribution in [2.75, 3.05) is 13.2 Å². The Kier molecular flexibility index (Phi) is 7.76. The van der Waals surface area contributed by atoms with Crippen LogP contribution < -0.4 is 5.32 Å². The summed E-state index contributed by atoms with van der Waals surface area (Å²) in [6.07, 6.45) is 3.64. The van der Waals surface area contributed by atoms with Gasteiger partial charge >= 0.3 is 0 Å². The van der Waals surface area contributed by atoms with Gasteiger partial charge in [-0.25, -0.2) is 0 Å². The Bertz CT molecular complexity index is 334. The van der Waals surface area contributed by atoms with Gasteiger partial charge in [-0.1, -0.05) is 51.5 Å². The van der Waals surface area contributed by atoms with Crippen molar-refractivity contribution in [2.24, 2.45) is 0 Å². The fourth-order valence-electron chi connectivity index (χ4n) is 2.53. The second-order valence-corrected chi connectivity index (χ2v) is 4.93. The third-order valence-electron chi connectivity index (χ3n) is 3.46. The maximum absolute atomic E-state index is 5.88. The summed E-state index contributed by atoms with van der Waals surface area (Å²) in [6, 6.07) is 9.30. The van der Waals surface area contributed by atoms with Crippen molar-refractivity contribution in [3.63, 3.8) is 0 Å². The predicted octanol–water partition coefficient (Wildman–Crippen LogP) is 4.10. The first-order chi connectivity index (χ1) is 9.26. The zero-order chi connectivity index (χ0) is 14.1. The molecule has 0 aliphatic heterocycles. The highest BCUT2D eigenvalue weighted by Gasteiger charge is 2.21. The van der Waals surface area contributed by atoms with Crippen LogP contribution in [0, 0.1) is 0 Å². The lowest BCUT2D eigenvalue weighted by Gasteiger charge is -2.27. The second kappa shape index (κ2) is 9.11. The van der Waals surface area contributed by atoms with Crippen molar-refractivity contribution in [2.45, 2.75) is 59.1 Å². The topological polar surface area (TPSA) is 21.3 Å². The first kappa shape index (κ1) is 16.2. The van der Waals surface area contributed by atoms with Gasteiger partial charge in [-0.3, -0.25) is 0 Å². The lowest BCUT2D eigenvalue weighted by molar-refractivity contribution is 0.0318. The smallest absolute Gasteiger partial charge is 0.0766 e. The van der Waals surface area contributed by atoms with Crippen molar-refractivity contribution < 1.29 is 4.74 Å². The summed E-state index contributed by atoms with van der Waals surface area (Å²) >= 11 is 0. The molecule has 0 heterocycles. The highest BCUT2D eigenvalue weighted by molar-refractivity contribution is 5.26. The maximum Gasteiger partial charge on any atom is 0.0766 e. The van der Waals surface area contributed by atoms with E-state index in [9.17, 15) is 0 Å². The highest BCUT2D eigenvalue weighted by Crippen LogP contribution is 2.22. The molecule has 0 spiro atoms. The van der Waals surface area contributed by atoms with Crippen LogP contribution in [0.5, 0.6) is 0 Å². The largest absolute Gasteiger partial charge is 0.377 e. The van der Waals surface area contributed by atoms with E-state index < -0.39 is 0 Å². The molecule has 1 rings (SSSR count). The molecule has 0 radical (unpaired) electrons. The molecule has 0 bridgehead atoms. The molecule has 108 valence electrons. The third kappa shape index (κ3) is 4.96. The summed E-state index contributed by atoms with van der Waals surface area (Å²) in [5.74, 6) is 0. The zero-order valence-electron chi connectivity index (χ0n) is 12.9. The van der Waals surface area contributed by atoms with Crippen LogP contribution in [-0.4, -0.2) is 19.3 Å². The van der Waals surface area contributed by atoms with Gasteiger partial charge in [0, 0.05) is 6.61 Å². The fraction of sp³-hybridized carbons (Fsp3) is 0.647. The van der Waals surface area contributed by atoms with E-state index in [-0.39, 0.29) is 6.10 Å². The molecule has 1 N–H and O–H groups in total. The van der Waals surface area contributed by atoms with E-state index in [1.165, 1.54) is 17.5 Å². The molecule has 0 amide bonds. The summed E-state index contributed by atoms with van der Waals surface area (Å²) in [6.45, 7) is 10.4. The van der Waals surface area contributed by atoms with Crippen LogP contribution in [0.3, 0.4) is 0 Å². The number of likely N-dealkylation sites (N-methyl/N-ethyl adjacent to an activating group) is 1. The molecule has 2 unspecified atom stereocenters. The average Bonchev–Trinajstić information content (AvgIpc) is 2.44. The Morgan fingerprint density at radius 2 is 1.74 bits per heavy atom. The van der Waals surface area contributed by atoms with Crippen molar-refractivity contribution in [1.29, 1.82) is 0 Å². The van der Waals surface area contributed by atoms with Gasteiger partial charge in [-0.2, -0.15) is 0 Å². The Morgan fingerprint density at radius 3 is 2.21 bits per heavy atom. The SMILES string of the molecule is CCCc1ccc(C(NCC)C(CC)OCC)cc1. The summed E-state index contributed by atoms with van der Waals surface area (Å²) in [5.41, 5.74) is 2.76. The minimum atomic E-state index is 0.252. The van der Waals surface area contributed by atoms with Crippen LogP contribution >= 0.6 is 0 Å². The third-order valence-corrected chi connectivity index (χ3v) is 3.46. The minimum Gasteiger partial charge on any atom is -0.377 e. The zero-order valence-corrected chi connectivity index (χ0v) is 12.9. The predicted molar refractivity (Wildman–Crippen MR) is 82.6 cm³/mol. The van der Waals surface area contributed by atoms with Gasteiger partial charge in [-0.05, 0) is 37.4 Å². The van der Waals surface area contributed by atoms with Gasteiger partial charge in [0.05, 0.1) is 12.1 Å². The van der Waals surface area contributed by atoms with Gasteiger partial charge in [-0.15, -0.1) is 0 Å². The Balaban J connectivity index is 2.84. The first-order valence-electron chi connectivity index (χ1n) is 7.70. The molecule has 0 saturated carbocycles. The Hall–Kier alpha value is -0.860. The van der Waals surface area contributed by atoms with Crippen LogP contribution in [0.25, 0.3) is 0 Å². The number of aryl methyl sites for hydroxylation is 1. The minimum absolute atomic E-state index is 0.252. The van der Waals surface area contributed by atoms with Gasteiger partial charge in [0.1, 0.15) is 0 Å². The van der Waals surface area contributed by atoms with E-state index >= 15 is 0 Å². The van der Waals surface area contributed by atoms with Crippen LogP contribution in [0.15, 0.2) is 24.3 Å². The molecule has 2 atom stereocenters. The molecule has 0 aromatic heterocycles. The summed E-state index contributed by atoms with van der Waals surface area (Å²) in [7, 11) is 0. The van der Waals surface area contributed by atoms with E-state index in [0.717, 1.165) is 26.0 Å². The number of benzene rings is 1. The van der Waals surface area contributed by atoms with E-state index in [2.05, 4.69) is 57.3 Å². The van der Waals surface area contributed by atoms with E-state index in [1.54, 1.807) is 0 Å². The molecule has 0 aliphatic rings. The average molecular weight is 263 g/mol. The summed E-state index contributed by atoms with van der Waals surface area (Å²) in [4.78, 5) is 0. The molecule has 0 aliphatic carbocycles. The van der Waals surface area contributed by atoms with E-state index in [4.69, 9.17) is 4.74 Å². The monoisotopic (exact) mass is 263 g/mol. The molecule has 1 aromatic carbocycles. The molecule has 0 saturated heterocycles. The standard InChI is InChI=1S/C17H29NO/c1-5-9-14-10-12-15(13-11-14)17(18-7-3)16(6-2)19-8-4/h10-13,16-18H,5-9H2,1-4H3. The number of hydrogen-bond donors (Lipinski definition) is 1.